The maximum Gasteiger partial charge on any atom is 0.416 e. The molecule has 1 spiro atoms. The van der Waals surface area contributed by atoms with Crippen LogP contribution in [0.4, 0.5) is 26.3 Å². The Morgan fingerprint density at radius 1 is 1.00 bits per heavy atom. The highest BCUT2D eigenvalue weighted by molar-refractivity contribution is 6.01. The summed E-state index contributed by atoms with van der Waals surface area (Å²) in [6.07, 6.45) is -9.36. The summed E-state index contributed by atoms with van der Waals surface area (Å²) < 4.78 is 80.1. The van der Waals surface area contributed by atoms with Gasteiger partial charge in [-0.25, -0.2) is 4.99 Å². The molecule has 2 aromatic carbocycles. The molecule has 1 aliphatic carbocycles. The molecule has 0 aromatic heterocycles. The van der Waals surface area contributed by atoms with E-state index in [1.807, 2.05) is 12.1 Å². The summed E-state index contributed by atoms with van der Waals surface area (Å²) in [4.78, 5) is 30.5. The largest absolute Gasteiger partial charge is 0.416 e. The molecule has 11 heteroatoms. The Labute approximate surface area is 196 Å². The van der Waals surface area contributed by atoms with Crippen molar-refractivity contribution in [1.82, 2.24) is 4.90 Å². The van der Waals surface area contributed by atoms with Crippen molar-refractivity contribution in [3.8, 4) is 0 Å². The molecule has 2 fully saturated rings. The number of alkyl halides is 6. The average Bonchev–Trinajstić information content (AvgIpc) is 3.51. The van der Waals surface area contributed by atoms with E-state index < -0.39 is 46.4 Å². The number of piperidine rings is 1. The molecule has 0 bridgehead atoms. The molecule has 0 radical (unpaired) electrons. The molecule has 35 heavy (non-hydrogen) atoms. The summed E-state index contributed by atoms with van der Waals surface area (Å²) in [5.41, 5.74) is 2.02. The van der Waals surface area contributed by atoms with Crippen molar-refractivity contribution in [2.75, 3.05) is 13.1 Å². The fourth-order valence-electron chi connectivity index (χ4n) is 4.76. The lowest BCUT2D eigenvalue weighted by molar-refractivity contribution is -0.143. The lowest BCUT2D eigenvalue weighted by Gasteiger charge is -2.38. The van der Waals surface area contributed by atoms with Crippen LogP contribution in [0, 0.1) is 0 Å². The van der Waals surface area contributed by atoms with Crippen LogP contribution in [0.2, 0.25) is 0 Å². The lowest BCUT2D eigenvalue weighted by Crippen LogP contribution is -2.49. The van der Waals surface area contributed by atoms with Gasteiger partial charge in [0.25, 0.3) is 11.8 Å². The van der Waals surface area contributed by atoms with E-state index in [2.05, 4.69) is 4.99 Å². The van der Waals surface area contributed by atoms with Crippen molar-refractivity contribution in [2.45, 2.75) is 43.1 Å². The minimum Gasteiger partial charge on any atom is -0.332 e. The summed E-state index contributed by atoms with van der Waals surface area (Å²) in [5, 5.41) is 0. The van der Waals surface area contributed by atoms with E-state index in [0.717, 1.165) is 5.56 Å². The summed E-state index contributed by atoms with van der Waals surface area (Å²) in [7, 11) is 0. The quantitative estimate of drug-likeness (QED) is 0.619. The van der Waals surface area contributed by atoms with Crippen LogP contribution in [-0.4, -0.2) is 41.1 Å². The van der Waals surface area contributed by atoms with Gasteiger partial charge in [0.05, 0.1) is 23.2 Å². The number of nitrogens with zero attached hydrogens (tertiary/aromatic N) is 2. The van der Waals surface area contributed by atoms with Crippen molar-refractivity contribution in [1.29, 1.82) is 0 Å². The number of halogens is 6. The molecule has 5 nitrogen and oxygen atoms in total. The lowest BCUT2D eigenvalue weighted by atomic mass is 9.92. The average molecular weight is 497 g/mol. The molecule has 1 aliphatic heterocycles. The third kappa shape index (κ3) is 4.95. The van der Waals surface area contributed by atoms with Gasteiger partial charge >= 0.3 is 12.4 Å². The van der Waals surface area contributed by atoms with Gasteiger partial charge in [0.15, 0.2) is 0 Å². The van der Waals surface area contributed by atoms with Crippen molar-refractivity contribution < 1.29 is 35.9 Å². The smallest absolute Gasteiger partial charge is 0.332 e. The van der Waals surface area contributed by atoms with Gasteiger partial charge in [-0.1, -0.05) is 30.3 Å². The van der Waals surface area contributed by atoms with Crippen LogP contribution in [-0.2, 0) is 17.1 Å². The van der Waals surface area contributed by atoms with E-state index in [4.69, 9.17) is 5.73 Å². The highest BCUT2D eigenvalue weighted by Gasteiger charge is 2.62. The second-order valence-electron chi connectivity index (χ2n) is 8.72. The Hall–Kier alpha value is -3.21. The highest BCUT2D eigenvalue weighted by Crippen LogP contribution is 2.59. The number of benzene rings is 2. The van der Waals surface area contributed by atoms with Crippen LogP contribution in [0.1, 0.15) is 52.2 Å². The first-order chi connectivity index (χ1) is 16.3. The Morgan fingerprint density at radius 2 is 1.60 bits per heavy atom. The Morgan fingerprint density at radius 3 is 2.14 bits per heavy atom. The van der Waals surface area contributed by atoms with E-state index in [1.165, 1.54) is 4.90 Å². The first-order valence-electron chi connectivity index (χ1n) is 10.8. The van der Waals surface area contributed by atoms with Gasteiger partial charge in [0.2, 0.25) is 0 Å². The van der Waals surface area contributed by atoms with Gasteiger partial charge in [-0.05, 0) is 30.2 Å². The summed E-state index contributed by atoms with van der Waals surface area (Å²) >= 11 is 0. The van der Waals surface area contributed by atoms with Gasteiger partial charge in [-0.2, -0.15) is 26.3 Å². The van der Waals surface area contributed by atoms with Crippen LogP contribution in [0.25, 0.3) is 0 Å². The Balaban J connectivity index is 1.75. The maximum absolute atomic E-state index is 13.4. The molecular weight excluding hydrogens is 476 g/mol. The van der Waals surface area contributed by atoms with Gasteiger partial charge < -0.3 is 10.6 Å². The number of hydrogen-bond acceptors (Lipinski definition) is 3. The zero-order valence-corrected chi connectivity index (χ0v) is 18.3. The second kappa shape index (κ2) is 8.78. The number of aliphatic imine (C=N–C) groups is 1. The number of rotatable bonds is 3. The molecule has 2 N–H and O–H groups in total. The van der Waals surface area contributed by atoms with Crippen LogP contribution in [0.15, 0.2) is 53.5 Å². The molecule has 1 saturated heterocycles. The zero-order chi connectivity index (χ0) is 25.6. The number of amides is 2. The molecule has 4 rings (SSSR count). The van der Waals surface area contributed by atoms with Crippen molar-refractivity contribution in [3.63, 3.8) is 0 Å². The third-order valence-corrected chi connectivity index (χ3v) is 6.46. The van der Waals surface area contributed by atoms with Crippen molar-refractivity contribution in [2.24, 2.45) is 10.7 Å². The Kier molecular flexibility index (Phi) is 6.25. The minimum absolute atomic E-state index is 0.00352. The monoisotopic (exact) mass is 497 g/mol. The van der Waals surface area contributed by atoms with Crippen LogP contribution >= 0.6 is 0 Å². The fourth-order valence-corrected chi connectivity index (χ4v) is 4.76. The molecular formula is C24H21F6N3O2. The van der Waals surface area contributed by atoms with Gasteiger partial charge in [-0.3, -0.25) is 9.59 Å². The van der Waals surface area contributed by atoms with E-state index in [-0.39, 0.29) is 37.9 Å². The molecule has 2 aliphatic rings. The Bertz CT molecular complexity index is 1140. The summed E-state index contributed by atoms with van der Waals surface area (Å²) in [6.45, 7) is -0.303. The minimum atomic E-state index is -5.07. The third-order valence-electron chi connectivity index (χ3n) is 6.46. The number of nitrogens with two attached hydrogens (primary N) is 1. The molecule has 1 unspecified atom stereocenters. The van der Waals surface area contributed by atoms with E-state index >= 15 is 0 Å². The summed E-state index contributed by atoms with van der Waals surface area (Å²) in [5.74, 6) is -1.68. The van der Waals surface area contributed by atoms with E-state index in [0.29, 0.717) is 24.3 Å². The number of carbonyl (C=O) groups excluding carboxylic acids is 2. The SMILES string of the molecule is NCC(=O)N=C1CCN(C(=O)c2cc(C(F)(F)F)cc(C(F)(F)F)c2)[C@@]2(C1)CC2c1ccccc1. The summed E-state index contributed by atoms with van der Waals surface area (Å²) in [6, 6.07) is 9.97. The zero-order valence-electron chi connectivity index (χ0n) is 18.3. The first-order valence-corrected chi connectivity index (χ1v) is 10.8. The molecule has 2 atom stereocenters. The van der Waals surface area contributed by atoms with Crippen molar-refractivity contribution >= 4 is 17.5 Å². The normalized spacial score (nSPS) is 23.6. The van der Waals surface area contributed by atoms with Crippen molar-refractivity contribution in [3.05, 3.63) is 70.8 Å². The van der Waals surface area contributed by atoms with Crippen LogP contribution in [0.3, 0.4) is 0 Å². The first kappa shape index (κ1) is 24.9. The predicted octanol–water partition coefficient (Wildman–Crippen LogP) is 4.81. The van der Waals surface area contributed by atoms with Crippen LogP contribution < -0.4 is 5.73 Å². The molecule has 2 aromatic rings. The number of carbonyl (C=O) groups is 2. The highest BCUT2D eigenvalue weighted by atomic mass is 19.4. The molecule has 1 heterocycles. The van der Waals surface area contributed by atoms with Gasteiger partial charge in [-0.15, -0.1) is 0 Å². The number of hydrogen-bond donors (Lipinski definition) is 1. The van der Waals surface area contributed by atoms with Crippen LogP contribution in [0.5, 0.6) is 0 Å². The molecule has 1 saturated carbocycles. The maximum atomic E-state index is 13.4. The molecule has 2 amide bonds. The van der Waals surface area contributed by atoms with Gasteiger partial charge in [0, 0.05) is 36.6 Å². The van der Waals surface area contributed by atoms with E-state index in [9.17, 15) is 35.9 Å². The fraction of sp³-hybridized carbons (Fsp3) is 0.375. The van der Waals surface area contributed by atoms with Gasteiger partial charge in [0.1, 0.15) is 0 Å². The molecule has 186 valence electrons. The topological polar surface area (TPSA) is 75.8 Å². The standard InChI is InChI=1S/C24H21F6N3O2/c25-23(26,27)16-8-15(9-17(10-16)24(28,29)30)21(35)33-7-6-18(32-20(34)13-31)11-22(33)12-19(22)14-4-2-1-3-5-14/h1-5,8-10,19H,6-7,11-13,31H2/t19?,22-/m0/s1. The predicted molar refractivity (Wildman–Crippen MR) is 115 cm³/mol. The number of likely N-dealkylation sites (tertiary alicyclic amines) is 1. The van der Waals surface area contributed by atoms with E-state index in [1.54, 1.807) is 18.2 Å². The second-order valence-corrected chi connectivity index (χ2v) is 8.72.